The maximum atomic E-state index is 14.8. The van der Waals surface area contributed by atoms with Gasteiger partial charge in [-0.25, -0.2) is 19.2 Å². The van der Waals surface area contributed by atoms with Crippen molar-refractivity contribution >= 4 is 35.1 Å². The van der Waals surface area contributed by atoms with E-state index in [1.165, 1.54) is 43.3 Å². The third-order valence-electron chi connectivity index (χ3n) is 12.9. The molecule has 5 unspecified atom stereocenters. The average molecular weight is 809 g/mol. The van der Waals surface area contributed by atoms with Gasteiger partial charge in [0.15, 0.2) is 13.4 Å². The molecule has 2 aliphatic heterocycles. The number of rotatable bonds is 13. The van der Waals surface area contributed by atoms with Crippen LogP contribution >= 0.6 is 0 Å². The number of nitrogens with one attached hydrogen (secondary N) is 2. The number of amides is 1. The number of hydrogen-bond donors (Lipinski definition) is 2. The van der Waals surface area contributed by atoms with E-state index in [1.54, 1.807) is 39.0 Å². The summed E-state index contributed by atoms with van der Waals surface area (Å²) in [6, 6.07) is 24.5. The molecule has 312 valence electrons. The van der Waals surface area contributed by atoms with Gasteiger partial charge in [0.1, 0.15) is 17.5 Å². The lowest BCUT2D eigenvalue weighted by molar-refractivity contribution is -0.976. The fraction of sp³-hybridized carbons (Fsp3) is 0.478. The van der Waals surface area contributed by atoms with E-state index in [1.807, 2.05) is 66.9 Å². The zero-order valence-corrected chi connectivity index (χ0v) is 34.0. The summed E-state index contributed by atoms with van der Waals surface area (Å²) in [7, 11) is 0. The summed E-state index contributed by atoms with van der Waals surface area (Å²) < 4.78 is 35.4. The van der Waals surface area contributed by atoms with E-state index in [0.717, 1.165) is 29.3 Å². The van der Waals surface area contributed by atoms with Crippen molar-refractivity contribution in [1.29, 1.82) is 0 Å². The second-order valence-corrected chi connectivity index (χ2v) is 17.3. The lowest BCUT2D eigenvalue weighted by Gasteiger charge is -2.57. The standard InChI is InChI=1S/C46H53N3O10/c1-45(2,3)59-43(52)47-21-20-30-27-48-38-18-16-34(26-36(30)38)57-44(53)54-28-41(50)55-29-56-46(31-12-6-4-7-13-31,32-14-8-5-9-15-32)42(51)58-40-25-33-24-37(40)35-17-19-39(35)49(33)22-10-11-23-49/h4-9,12-16,18,26-27,33,35,37,39-40,48H,10-11,17,19-25,28-29H2,1-3H3/p+1. The predicted octanol–water partition coefficient (Wildman–Crippen LogP) is 7.30. The van der Waals surface area contributed by atoms with E-state index in [4.69, 9.17) is 28.4 Å². The van der Waals surface area contributed by atoms with Gasteiger partial charge in [-0.15, -0.1) is 0 Å². The number of benzene rings is 3. The van der Waals surface area contributed by atoms with Gasteiger partial charge in [0.25, 0.3) is 0 Å². The molecule has 3 heterocycles. The van der Waals surface area contributed by atoms with Gasteiger partial charge in [0.2, 0.25) is 5.60 Å². The first-order valence-electron chi connectivity index (χ1n) is 20.8. The van der Waals surface area contributed by atoms with Crippen molar-refractivity contribution in [2.24, 2.45) is 11.8 Å². The fourth-order valence-corrected chi connectivity index (χ4v) is 10.3. The third kappa shape index (κ3) is 8.27. The van der Waals surface area contributed by atoms with Crippen LogP contribution in [0.3, 0.4) is 0 Å². The molecular weight excluding hydrogens is 755 g/mol. The van der Waals surface area contributed by atoms with Crippen LogP contribution in [-0.4, -0.2) is 90.5 Å². The minimum Gasteiger partial charge on any atom is -0.459 e. The molecule has 4 aromatic rings. The molecule has 1 aromatic heterocycles. The number of fused-ring (bicyclic) bond motifs is 7. The number of carbonyl (C=O) groups excluding carboxylic acids is 4. The minimum atomic E-state index is -1.74. The number of quaternary nitrogens is 1. The molecule has 1 spiro atoms. The van der Waals surface area contributed by atoms with Crippen molar-refractivity contribution in [2.45, 2.75) is 95.1 Å². The summed E-state index contributed by atoms with van der Waals surface area (Å²) in [5.74, 6) is -0.355. The van der Waals surface area contributed by atoms with Crippen LogP contribution in [0.2, 0.25) is 0 Å². The molecule has 5 atom stereocenters. The minimum absolute atomic E-state index is 0.200. The van der Waals surface area contributed by atoms with Crippen LogP contribution in [0.25, 0.3) is 10.9 Å². The van der Waals surface area contributed by atoms with Gasteiger partial charge in [0.05, 0.1) is 25.2 Å². The summed E-state index contributed by atoms with van der Waals surface area (Å²) in [6.45, 7) is 6.82. The average Bonchev–Trinajstić information content (AvgIpc) is 3.94. The fourth-order valence-electron chi connectivity index (χ4n) is 10.3. The van der Waals surface area contributed by atoms with Crippen LogP contribution in [0.15, 0.2) is 85.1 Å². The van der Waals surface area contributed by atoms with Gasteiger partial charge >= 0.3 is 24.2 Å². The van der Waals surface area contributed by atoms with Gasteiger partial charge in [-0.05, 0) is 68.5 Å². The molecule has 2 saturated heterocycles. The smallest absolute Gasteiger partial charge is 0.459 e. The quantitative estimate of drug-likeness (QED) is 0.0463. The van der Waals surface area contributed by atoms with Crippen molar-refractivity contribution in [1.82, 2.24) is 10.3 Å². The lowest BCUT2D eigenvalue weighted by Crippen LogP contribution is -2.67. The van der Waals surface area contributed by atoms with Crippen LogP contribution < -0.4 is 10.1 Å². The third-order valence-corrected chi connectivity index (χ3v) is 12.9. The molecule has 13 heteroatoms. The molecule has 2 saturated carbocycles. The summed E-state index contributed by atoms with van der Waals surface area (Å²) >= 11 is 0. The van der Waals surface area contributed by atoms with Crippen LogP contribution in [0.4, 0.5) is 9.59 Å². The molecular formula is C46H54N3O10+. The Balaban J connectivity index is 0.896. The van der Waals surface area contributed by atoms with E-state index in [9.17, 15) is 19.2 Å². The second-order valence-electron chi connectivity index (χ2n) is 17.3. The van der Waals surface area contributed by atoms with Crippen molar-refractivity contribution in [3.63, 3.8) is 0 Å². The lowest BCUT2D eigenvalue weighted by atomic mass is 9.66. The number of piperidine rings is 1. The zero-order chi connectivity index (χ0) is 41.2. The Labute approximate surface area is 344 Å². The van der Waals surface area contributed by atoms with Crippen molar-refractivity contribution < 1.29 is 52.1 Å². The SMILES string of the molecule is CC(C)(C)OC(=O)NCCc1c[nH]c2ccc(OC(=O)OCC(=O)OCOC(C(=O)OC3CC4CC3C3CCC3[N+]43CCCC3)(c3ccccc3)c3ccccc3)cc12. The Morgan fingerprint density at radius 1 is 0.847 bits per heavy atom. The van der Waals surface area contributed by atoms with Gasteiger partial charge in [-0.2, -0.15) is 0 Å². The van der Waals surface area contributed by atoms with E-state index in [0.29, 0.717) is 48.0 Å². The number of esters is 2. The molecule has 8 rings (SSSR count). The highest BCUT2D eigenvalue weighted by atomic mass is 16.7. The molecule has 2 N–H and O–H groups in total. The molecule has 4 fully saturated rings. The monoisotopic (exact) mass is 808 g/mol. The van der Waals surface area contributed by atoms with E-state index in [2.05, 4.69) is 10.3 Å². The Morgan fingerprint density at radius 3 is 2.22 bits per heavy atom. The first-order chi connectivity index (χ1) is 28.4. The molecule has 13 nitrogen and oxygen atoms in total. The number of H-pyrrole nitrogens is 1. The number of aromatic amines is 1. The number of ether oxygens (including phenoxy) is 6. The van der Waals surface area contributed by atoms with E-state index in [-0.39, 0.29) is 11.9 Å². The second kappa shape index (κ2) is 16.7. The van der Waals surface area contributed by atoms with Gasteiger partial charge in [0, 0.05) is 67.6 Å². The topological polar surface area (TPSA) is 151 Å². The van der Waals surface area contributed by atoms with Crippen molar-refractivity contribution in [3.8, 4) is 5.75 Å². The van der Waals surface area contributed by atoms with Crippen molar-refractivity contribution in [3.05, 3.63) is 102 Å². The summed E-state index contributed by atoms with van der Waals surface area (Å²) in [5, 5.41) is 3.53. The Bertz CT molecular complexity index is 2100. The number of aromatic nitrogens is 1. The highest BCUT2D eigenvalue weighted by Crippen LogP contribution is 2.58. The Hall–Kier alpha value is -5.40. The van der Waals surface area contributed by atoms with Gasteiger partial charge < -0.3 is 43.2 Å². The highest BCUT2D eigenvalue weighted by Gasteiger charge is 2.65. The molecule has 1 amide bonds. The molecule has 59 heavy (non-hydrogen) atoms. The Morgan fingerprint density at radius 2 is 1.56 bits per heavy atom. The maximum absolute atomic E-state index is 14.8. The van der Waals surface area contributed by atoms with Gasteiger partial charge in [-0.3, -0.25) is 0 Å². The number of carbonyl (C=O) groups is 4. The normalized spacial score (nSPS) is 22.9. The molecule has 2 aliphatic carbocycles. The molecule has 0 radical (unpaired) electrons. The van der Waals surface area contributed by atoms with Crippen molar-refractivity contribution in [2.75, 3.05) is 33.0 Å². The van der Waals surface area contributed by atoms with Crippen LogP contribution in [0.1, 0.15) is 76.0 Å². The number of hydrogen-bond acceptors (Lipinski definition) is 10. The number of nitrogens with zero attached hydrogens (tertiary/aromatic N) is 1. The number of alkyl carbamates (subject to hydrolysis) is 1. The summed E-state index contributed by atoms with van der Waals surface area (Å²) in [4.78, 5) is 55.6. The van der Waals surface area contributed by atoms with Crippen LogP contribution in [-0.2, 0) is 45.3 Å². The Kier molecular flexibility index (Phi) is 11.4. The maximum Gasteiger partial charge on any atom is 0.514 e. The van der Waals surface area contributed by atoms with Gasteiger partial charge in [-0.1, -0.05) is 60.7 Å². The molecule has 4 aliphatic rings. The van der Waals surface area contributed by atoms with Crippen LogP contribution in [0.5, 0.6) is 5.75 Å². The zero-order valence-electron chi connectivity index (χ0n) is 34.0. The highest BCUT2D eigenvalue weighted by molar-refractivity contribution is 5.87. The summed E-state index contributed by atoms with van der Waals surface area (Å²) in [5.41, 5.74) is 0.439. The van der Waals surface area contributed by atoms with Crippen LogP contribution in [0, 0.1) is 11.8 Å². The first kappa shape index (κ1) is 40.4. The first-order valence-corrected chi connectivity index (χ1v) is 20.8. The largest absolute Gasteiger partial charge is 0.514 e. The predicted molar refractivity (Wildman–Crippen MR) is 216 cm³/mol. The van der Waals surface area contributed by atoms with E-state index >= 15 is 0 Å². The summed E-state index contributed by atoms with van der Waals surface area (Å²) in [6.07, 6.45) is 7.38. The van der Waals surface area contributed by atoms with E-state index < -0.39 is 48.8 Å². The molecule has 2 bridgehead atoms. The molecule has 3 aromatic carbocycles.